The summed E-state index contributed by atoms with van der Waals surface area (Å²) in [5.74, 6) is 0.327. The number of esters is 1. The number of hydrogen-bond donors (Lipinski definition) is 2. The highest BCUT2D eigenvalue weighted by Gasteiger charge is 2.14. The average molecular weight is 570 g/mol. The minimum absolute atomic E-state index is 0. The lowest BCUT2D eigenvalue weighted by atomic mass is 10.1. The van der Waals surface area contributed by atoms with Crippen LogP contribution in [0.2, 0.25) is 5.02 Å². The molecule has 2 rings (SSSR count). The largest absolute Gasteiger partial charge is 0.496 e. The first-order valence-corrected chi connectivity index (χ1v) is 9.18. The monoisotopic (exact) mass is 569 g/mol. The molecule has 0 aliphatic heterocycles. The van der Waals surface area contributed by atoms with E-state index in [4.69, 9.17) is 21.1 Å². The Morgan fingerprint density at radius 3 is 2.39 bits per heavy atom. The van der Waals surface area contributed by atoms with Gasteiger partial charge in [-0.25, -0.2) is 4.79 Å². The number of nitrogens with zero attached hydrogens (tertiary/aromatic N) is 1. The molecule has 0 heterocycles. The fourth-order valence-corrected chi connectivity index (χ4v) is 2.81. The molecule has 0 radical (unpaired) electrons. The van der Waals surface area contributed by atoms with Crippen molar-refractivity contribution in [2.45, 2.75) is 19.7 Å². The van der Waals surface area contributed by atoms with Gasteiger partial charge in [-0.3, -0.25) is 4.99 Å². The quantitative estimate of drug-likeness (QED) is 0.215. The summed E-state index contributed by atoms with van der Waals surface area (Å²) in [6.07, 6.45) is 0. The predicted molar refractivity (Wildman–Crippen MR) is 125 cm³/mol. The molecule has 0 bridgehead atoms. The number of aliphatic imine (C=N–C) groups is 1. The first-order chi connectivity index (χ1) is 14.4. The second-order valence-electron chi connectivity index (χ2n) is 5.94. The second kappa shape index (κ2) is 13.2. The molecule has 11 heteroatoms. The Balaban J connectivity index is 0.00000480. The number of carbonyl (C=O) groups excluding carboxylic acids is 1. The van der Waals surface area contributed by atoms with Crippen LogP contribution < -0.4 is 20.1 Å². The van der Waals surface area contributed by atoms with Crippen molar-refractivity contribution in [3.63, 3.8) is 0 Å². The molecule has 2 aromatic rings. The third kappa shape index (κ3) is 8.02. The maximum absolute atomic E-state index is 12.6. The third-order valence-electron chi connectivity index (χ3n) is 4.04. The fraction of sp³-hybridized carbons (Fsp3) is 0.300. The summed E-state index contributed by atoms with van der Waals surface area (Å²) >= 11 is 5.96. The maximum atomic E-state index is 12.6. The molecule has 0 atom stereocenters. The van der Waals surface area contributed by atoms with Crippen molar-refractivity contribution in [3.05, 3.63) is 58.1 Å². The first kappa shape index (κ1) is 26.7. The highest BCUT2D eigenvalue weighted by molar-refractivity contribution is 14.0. The van der Waals surface area contributed by atoms with Crippen LogP contribution in [0.5, 0.6) is 11.5 Å². The standard InChI is InChI=1S/C20H22ClF2N3O4.HI/c1-24-20(26-11-13-9-14(21)5-7-16(13)30-19(22)23)25-10-12-4-6-17(28-2)15(8-12)18(27)29-3;/h4-9,19H,10-11H2,1-3H3,(H2,24,25,26);1H. The summed E-state index contributed by atoms with van der Waals surface area (Å²) in [5, 5.41) is 6.48. The van der Waals surface area contributed by atoms with E-state index in [2.05, 4.69) is 20.4 Å². The topological polar surface area (TPSA) is 81.2 Å². The molecule has 31 heavy (non-hydrogen) atoms. The summed E-state index contributed by atoms with van der Waals surface area (Å²) < 4.78 is 39.6. The van der Waals surface area contributed by atoms with Crippen LogP contribution in [0.25, 0.3) is 0 Å². The lowest BCUT2D eigenvalue weighted by Crippen LogP contribution is -2.36. The van der Waals surface area contributed by atoms with E-state index in [0.717, 1.165) is 5.56 Å². The van der Waals surface area contributed by atoms with Crippen LogP contribution in [0.4, 0.5) is 8.78 Å². The Morgan fingerprint density at radius 1 is 1.10 bits per heavy atom. The molecule has 0 amide bonds. The van der Waals surface area contributed by atoms with Gasteiger partial charge >= 0.3 is 12.6 Å². The molecule has 0 spiro atoms. The number of ether oxygens (including phenoxy) is 3. The van der Waals surface area contributed by atoms with Crippen molar-refractivity contribution in [2.24, 2.45) is 4.99 Å². The van der Waals surface area contributed by atoms with Gasteiger partial charge in [-0.15, -0.1) is 24.0 Å². The number of hydrogen-bond acceptors (Lipinski definition) is 5. The van der Waals surface area contributed by atoms with Gasteiger partial charge in [-0.05, 0) is 35.9 Å². The van der Waals surface area contributed by atoms with Crippen LogP contribution in [-0.2, 0) is 17.8 Å². The Hall–Kier alpha value is -2.34. The molecule has 0 saturated heterocycles. The third-order valence-corrected chi connectivity index (χ3v) is 4.27. The number of guanidine groups is 1. The zero-order chi connectivity index (χ0) is 22.1. The van der Waals surface area contributed by atoms with E-state index in [1.54, 1.807) is 25.2 Å². The molecule has 0 fully saturated rings. The number of benzene rings is 2. The molecule has 0 aliphatic rings. The minimum Gasteiger partial charge on any atom is -0.496 e. The fourth-order valence-electron chi connectivity index (χ4n) is 2.62. The number of nitrogens with one attached hydrogen (secondary N) is 2. The zero-order valence-electron chi connectivity index (χ0n) is 17.1. The van der Waals surface area contributed by atoms with Gasteiger partial charge in [0.25, 0.3) is 0 Å². The van der Waals surface area contributed by atoms with E-state index in [1.165, 1.54) is 32.4 Å². The molecule has 2 N–H and O–H groups in total. The van der Waals surface area contributed by atoms with E-state index < -0.39 is 12.6 Å². The number of alkyl halides is 2. The Bertz CT molecular complexity index is 916. The van der Waals surface area contributed by atoms with Crippen molar-refractivity contribution in [3.8, 4) is 11.5 Å². The molecule has 0 saturated carbocycles. The summed E-state index contributed by atoms with van der Waals surface area (Å²) in [6, 6.07) is 9.49. The Labute approximate surface area is 201 Å². The second-order valence-corrected chi connectivity index (χ2v) is 6.37. The summed E-state index contributed by atoms with van der Waals surface area (Å²) in [5.41, 5.74) is 1.53. The smallest absolute Gasteiger partial charge is 0.387 e. The Morgan fingerprint density at radius 2 is 1.77 bits per heavy atom. The van der Waals surface area contributed by atoms with Gasteiger partial charge in [0, 0.05) is 30.7 Å². The van der Waals surface area contributed by atoms with Crippen molar-refractivity contribution in [2.75, 3.05) is 21.3 Å². The van der Waals surface area contributed by atoms with Crippen LogP contribution in [0, 0.1) is 0 Å². The molecule has 2 aromatic carbocycles. The van der Waals surface area contributed by atoms with Crippen LogP contribution in [0.1, 0.15) is 21.5 Å². The van der Waals surface area contributed by atoms with E-state index in [-0.39, 0.29) is 36.3 Å². The molecule has 170 valence electrons. The SMILES string of the molecule is CN=C(NCc1ccc(OC)c(C(=O)OC)c1)NCc1cc(Cl)ccc1OC(F)F.I. The average Bonchev–Trinajstić information content (AvgIpc) is 2.74. The van der Waals surface area contributed by atoms with E-state index in [9.17, 15) is 13.6 Å². The van der Waals surface area contributed by atoms with Gasteiger partial charge < -0.3 is 24.8 Å². The highest BCUT2D eigenvalue weighted by Crippen LogP contribution is 2.24. The molecule has 0 aromatic heterocycles. The van der Waals surface area contributed by atoms with E-state index in [0.29, 0.717) is 34.4 Å². The summed E-state index contributed by atoms with van der Waals surface area (Å²) in [7, 11) is 4.32. The Kier molecular flexibility index (Phi) is 11.3. The zero-order valence-corrected chi connectivity index (χ0v) is 20.2. The maximum Gasteiger partial charge on any atom is 0.387 e. The van der Waals surface area contributed by atoms with Gasteiger partial charge in [-0.2, -0.15) is 8.78 Å². The molecular formula is C20H23ClF2IN3O4. The van der Waals surface area contributed by atoms with Crippen LogP contribution in [0.15, 0.2) is 41.4 Å². The van der Waals surface area contributed by atoms with Gasteiger partial charge in [0.2, 0.25) is 0 Å². The number of halogens is 4. The lowest BCUT2D eigenvalue weighted by Gasteiger charge is -2.15. The van der Waals surface area contributed by atoms with Crippen LogP contribution in [-0.4, -0.2) is 39.8 Å². The number of carbonyl (C=O) groups is 1. The molecule has 0 unspecified atom stereocenters. The minimum atomic E-state index is -2.94. The molecule has 0 aliphatic carbocycles. The molecule has 7 nitrogen and oxygen atoms in total. The molecular weight excluding hydrogens is 547 g/mol. The summed E-state index contributed by atoms with van der Waals surface area (Å²) in [4.78, 5) is 16.0. The van der Waals surface area contributed by atoms with E-state index in [1.807, 2.05) is 0 Å². The predicted octanol–water partition coefficient (Wildman–Crippen LogP) is 4.22. The lowest BCUT2D eigenvalue weighted by molar-refractivity contribution is -0.0504. The van der Waals surface area contributed by atoms with Gasteiger partial charge in [0.15, 0.2) is 5.96 Å². The van der Waals surface area contributed by atoms with Crippen molar-refractivity contribution >= 4 is 47.5 Å². The van der Waals surface area contributed by atoms with Crippen LogP contribution in [0.3, 0.4) is 0 Å². The van der Waals surface area contributed by atoms with Crippen molar-refractivity contribution in [1.82, 2.24) is 10.6 Å². The van der Waals surface area contributed by atoms with Crippen molar-refractivity contribution in [1.29, 1.82) is 0 Å². The summed E-state index contributed by atoms with van der Waals surface area (Å²) in [6.45, 7) is -2.46. The normalized spacial score (nSPS) is 10.9. The van der Waals surface area contributed by atoms with E-state index >= 15 is 0 Å². The number of rotatable bonds is 8. The van der Waals surface area contributed by atoms with Gasteiger partial charge in [0.05, 0.1) is 14.2 Å². The van der Waals surface area contributed by atoms with Gasteiger partial charge in [0.1, 0.15) is 17.1 Å². The highest BCUT2D eigenvalue weighted by atomic mass is 127. The van der Waals surface area contributed by atoms with Gasteiger partial charge in [-0.1, -0.05) is 17.7 Å². The number of methoxy groups -OCH3 is 2. The van der Waals surface area contributed by atoms with Crippen molar-refractivity contribution < 1.29 is 27.8 Å². The van der Waals surface area contributed by atoms with Crippen LogP contribution >= 0.6 is 35.6 Å². The first-order valence-electron chi connectivity index (χ1n) is 8.81.